The van der Waals surface area contributed by atoms with Crippen LogP contribution >= 0.6 is 22.9 Å². The van der Waals surface area contributed by atoms with Gasteiger partial charge in [-0.3, -0.25) is 4.90 Å². The maximum absolute atomic E-state index is 2.58. The van der Waals surface area contributed by atoms with Gasteiger partial charge in [-0.1, -0.05) is 13.8 Å². The number of likely N-dealkylation sites (N-methyl/N-ethyl adjacent to an activating group) is 1. The highest BCUT2D eigenvalue weighted by molar-refractivity contribution is 14.1. The van der Waals surface area contributed by atoms with Crippen molar-refractivity contribution in [3.63, 3.8) is 0 Å². The van der Waals surface area contributed by atoms with Gasteiger partial charge in [-0.05, 0) is 13.1 Å². The van der Waals surface area contributed by atoms with E-state index in [0.717, 1.165) is 0 Å². The van der Waals surface area contributed by atoms with E-state index in [9.17, 15) is 0 Å². The van der Waals surface area contributed by atoms with Crippen LogP contribution in [0.25, 0.3) is 0 Å². The van der Waals surface area contributed by atoms with Crippen molar-refractivity contribution in [2.45, 2.75) is 13.8 Å². The number of nitrogens with zero attached hydrogens (tertiary/aromatic N) is 3. The maximum atomic E-state index is 2.58. The molecule has 4 heteroatoms. The average molecular weight is 311 g/mol. The third kappa shape index (κ3) is 4.42. The van der Waals surface area contributed by atoms with Crippen LogP contribution in [-0.2, 0) is 0 Å². The lowest BCUT2D eigenvalue weighted by Gasteiger charge is -2.32. The predicted octanol–water partition coefficient (Wildman–Crippen LogP) is 1.30. The molecule has 0 aromatic rings. The number of rotatable bonds is 5. The smallest absolute Gasteiger partial charge is 0.0209 e. The lowest BCUT2D eigenvalue weighted by molar-refractivity contribution is 0.175. The fourth-order valence-corrected chi connectivity index (χ4v) is 2.20. The molecule has 14 heavy (non-hydrogen) atoms. The molecule has 0 atom stereocenters. The summed E-state index contributed by atoms with van der Waals surface area (Å²) in [6.45, 7) is 14.2. The molecule has 0 spiro atoms. The molecule has 0 aliphatic carbocycles. The van der Waals surface area contributed by atoms with Crippen LogP contribution < -0.4 is 0 Å². The molecule has 1 aliphatic heterocycles. The number of halogens is 1. The third-order valence-corrected chi connectivity index (χ3v) is 3.91. The lowest BCUT2D eigenvalue weighted by atomic mass is 10.3. The van der Waals surface area contributed by atoms with Crippen molar-refractivity contribution >= 4 is 22.9 Å². The normalized spacial score (nSPS) is 20.6. The first kappa shape index (κ1) is 12.7. The second-order valence-corrected chi connectivity index (χ2v) is 5.14. The Balaban J connectivity index is 2.12. The van der Waals surface area contributed by atoms with Gasteiger partial charge in [0.25, 0.3) is 0 Å². The summed E-state index contributed by atoms with van der Waals surface area (Å²) in [6, 6.07) is 0. The molecular formula is C10H22IN3. The van der Waals surface area contributed by atoms with Crippen LogP contribution in [0.4, 0.5) is 0 Å². The monoisotopic (exact) mass is 311 g/mol. The van der Waals surface area contributed by atoms with Gasteiger partial charge in [-0.2, -0.15) is 0 Å². The van der Waals surface area contributed by atoms with Gasteiger partial charge >= 0.3 is 0 Å². The second kappa shape index (κ2) is 6.98. The number of piperazine rings is 1. The molecule has 1 aliphatic rings. The van der Waals surface area contributed by atoms with E-state index in [0.29, 0.717) is 0 Å². The van der Waals surface area contributed by atoms with Crippen LogP contribution in [-0.4, -0.2) is 65.3 Å². The summed E-state index contributed by atoms with van der Waals surface area (Å²) < 4.78 is 2.38. The van der Waals surface area contributed by atoms with E-state index in [1.807, 2.05) is 0 Å². The molecule has 0 aromatic heterocycles. The quantitative estimate of drug-likeness (QED) is 0.560. The Bertz CT molecular complexity index is 142. The summed E-state index contributed by atoms with van der Waals surface area (Å²) in [4.78, 5) is 5.07. The van der Waals surface area contributed by atoms with Crippen LogP contribution in [0.3, 0.4) is 0 Å². The third-order valence-electron chi connectivity index (χ3n) is 2.94. The molecule has 1 fully saturated rings. The van der Waals surface area contributed by atoms with Crippen LogP contribution in [0.15, 0.2) is 0 Å². The molecule has 3 nitrogen and oxygen atoms in total. The number of hydrogen-bond acceptors (Lipinski definition) is 3. The minimum atomic E-state index is 1.18. The van der Waals surface area contributed by atoms with E-state index >= 15 is 0 Å². The van der Waals surface area contributed by atoms with E-state index in [2.05, 4.69) is 49.6 Å². The van der Waals surface area contributed by atoms with Crippen molar-refractivity contribution < 1.29 is 0 Å². The van der Waals surface area contributed by atoms with Gasteiger partial charge in [0.05, 0.1) is 0 Å². The van der Waals surface area contributed by atoms with Crippen molar-refractivity contribution in [3.8, 4) is 0 Å². The zero-order valence-electron chi connectivity index (χ0n) is 9.38. The first-order valence-corrected chi connectivity index (χ1v) is 6.58. The van der Waals surface area contributed by atoms with Crippen molar-refractivity contribution in [1.29, 1.82) is 0 Å². The Hall–Kier alpha value is 0.610. The molecule has 0 N–H and O–H groups in total. The molecule has 0 bridgehead atoms. The van der Waals surface area contributed by atoms with Crippen LogP contribution in [0, 0.1) is 0 Å². The van der Waals surface area contributed by atoms with E-state index in [-0.39, 0.29) is 0 Å². The summed E-state index contributed by atoms with van der Waals surface area (Å²) in [7, 11) is 0. The Kier molecular flexibility index (Phi) is 6.32. The van der Waals surface area contributed by atoms with Crippen LogP contribution in [0.5, 0.6) is 0 Å². The molecule has 0 aromatic carbocycles. The average Bonchev–Trinajstić information content (AvgIpc) is 2.22. The van der Waals surface area contributed by atoms with Crippen LogP contribution in [0.2, 0.25) is 0 Å². The first-order chi connectivity index (χ1) is 6.76. The van der Waals surface area contributed by atoms with Gasteiger partial charge in [-0.25, -0.2) is 3.11 Å². The fraction of sp³-hybridized carbons (Fsp3) is 1.00. The van der Waals surface area contributed by atoms with Gasteiger partial charge in [0.15, 0.2) is 0 Å². The van der Waals surface area contributed by atoms with Crippen molar-refractivity contribution in [2.24, 2.45) is 0 Å². The van der Waals surface area contributed by atoms with E-state index < -0.39 is 0 Å². The Morgan fingerprint density at radius 1 is 1.07 bits per heavy atom. The minimum absolute atomic E-state index is 1.18. The number of hydrogen-bond donors (Lipinski definition) is 0. The molecule has 1 rings (SSSR count). The van der Waals surface area contributed by atoms with E-state index in [1.54, 1.807) is 0 Å². The van der Waals surface area contributed by atoms with Gasteiger partial charge in [-0.15, -0.1) is 0 Å². The molecular weight excluding hydrogens is 289 g/mol. The van der Waals surface area contributed by atoms with Gasteiger partial charge < -0.3 is 4.90 Å². The van der Waals surface area contributed by atoms with Crippen molar-refractivity contribution in [1.82, 2.24) is 12.9 Å². The summed E-state index contributed by atoms with van der Waals surface area (Å²) in [5.74, 6) is 0. The van der Waals surface area contributed by atoms with Crippen LogP contribution in [0.1, 0.15) is 13.8 Å². The molecule has 84 valence electrons. The maximum Gasteiger partial charge on any atom is 0.0209 e. The minimum Gasteiger partial charge on any atom is -0.303 e. The van der Waals surface area contributed by atoms with Gasteiger partial charge in [0.1, 0.15) is 0 Å². The molecule has 1 heterocycles. The first-order valence-electron chi connectivity index (χ1n) is 5.61. The van der Waals surface area contributed by atoms with Crippen molar-refractivity contribution in [3.05, 3.63) is 0 Å². The molecule has 0 radical (unpaired) electrons. The van der Waals surface area contributed by atoms with E-state index in [1.165, 1.54) is 52.4 Å². The molecule has 0 unspecified atom stereocenters. The predicted molar refractivity (Wildman–Crippen MR) is 69.8 cm³/mol. The highest BCUT2D eigenvalue weighted by atomic mass is 127. The summed E-state index contributed by atoms with van der Waals surface area (Å²) in [5, 5.41) is 0. The zero-order valence-corrected chi connectivity index (χ0v) is 11.5. The molecule has 0 saturated carbocycles. The SMILES string of the molecule is CCN(CC)CCN1CCN(I)CC1. The fourth-order valence-electron chi connectivity index (χ4n) is 1.77. The topological polar surface area (TPSA) is 9.72 Å². The summed E-state index contributed by atoms with van der Waals surface area (Å²) in [6.07, 6.45) is 0. The van der Waals surface area contributed by atoms with E-state index in [4.69, 9.17) is 0 Å². The highest BCUT2D eigenvalue weighted by Gasteiger charge is 2.14. The summed E-state index contributed by atoms with van der Waals surface area (Å²) >= 11 is 2.42. The van der Waals surface area contributed by atoms with Crippen molar-refractivity contribution in [2.75, 3.05) is 52.4 Å². The molecule has 1 saturated heterocycles. The standard InChI is InChI=1S/C10H22IN3/c1-3-12(4-2)5-6-13-7-9-14(11)10-8-13/h3-10H2,1-2H3. The second-order valence-electron chi connectivity index (χ2n) is 3.78. The van der Waals surface area contributed by atoms with Gasteiger partial charge in [0, 0.05) is 62.1 Å². The van der Waals surface area contributed by atoms with Gasteiger partial charge in [0.2, 0.25) is 0 Å². The highest BCUT2D eigenvalue weighted by Crippen LogP contribution is 2.05. The summed E-state index contributed by atoms with van der Waals surface area (Å²) in [5.41, 5.74) is 0. The zero-order chi connectivity index (χ0) is 10.4. The largest absolute Gasteiger partial charge is 0.303 e. The Labute approximate surface area is 102 Å². The lowest BCUT2D eigenvalue weighted by Crippen LogP contribution is -2.45. The Morgan fingerprint density at radius 2 is 1.64 bits per heavy atom. The Morgan fingerprint density at radius 3 is 2.14 bits per heavy atom. The molecule has 0 amide bonds.